The lowest BCUT2D eigenvalue weighted by Crippen LogP contribution is -2.16. The number of halogens is 3. The molecule has 0 N–H and O–H groups in total. The number of hydrogen-bond acceptors (Lipinski definition) is 1. The van der Waals surface area contributed by atoms with Crippen LogP contribution in [0.1, 0.15) is 11.1 Å². The fourth-order valence-electron chi connectivity index (χ4n) is 1.74. The second-order valence-electron chi connectivity index (χ2n) is 3.96. The van der Waals surface area contributed by atoms with Crippen LogP contribution in [-0.2, 0) is 6.30 Å². The van der Waals surface area contributed by atoms with Gasteiger partial charge < -0.3 is 0 Å². The number of benzene rings is 1. The van der Waals surface area contributed by atoms with E-state index >= 15 is 0 Å². The van der Waals surface area contributed by atoms with Crippen molar-refractivity contribution >= 4 is 0 Å². The molecule has 2 nitrogen and oxygen atoms in total. The quantitative estimate of drug-likeness (QED) is 0.744. The summed E-state index contributed by atoms with van der Waals surface area (Å²) in [7, 11) is 0. The molecule has 0 saturated carbocycles. The summed E-state index contributed by atoms with van der Waals surface area (Å²) < 4.78 is 37.2. The van der Waals surface area contributed by atoms with Crippen molar-refractivity contribution in [3.63, 3.8) is 0 Å². The molecule has 0 spiro atoms. The Balaban J connectivity index is 2.44. The van der Waals surface area contributed by atoms with Crippen molar-refractivity contribution < 1.29 is 13.2 Å². The summed E-state index contributed by atoms with van der Waals surface area (Å²) in [5, 5.41) is 3.32. The van der Waals surface area contributed by atoms with Gasteiger partial charge in [0.2, 0.25) is 0 Å². The van der Waals surface area contributed by atoms with E-state index in [-0.39, 0.29) is 4.68 Å². The Labute approximate surface area is 96.7 Å². The second kappa shape index (κ2) is 3.91. The number of aromatic nitrogens is 2. The molecular weight excluding hydrogens is 229 g/mol. The van der Waals surface area contributed by atoms with Gasteiger partial charge in [0.05, 0.1) is 6.20 Å². The van der Waals surface area contributed by atoms with Crippen LogP contribution in [0.5, 0.6) is 0 Å². The Morgan fingerprint density at radius 3 is 2.41 bits per heavy atom. The van der Waals surface area contributed by atoms with Crippen LogP contribution in [0.25, 0.3) is 11.1 Å². The molecule has 0 atom stereocenters. The van der Waals surface area contributed by atoms with Crippen LogP contribution in [0.4, 0.5) is 13.2 Å². The predicted octanol–water partition coefficient (Wildman–Crippen LogP) is 3.64. The minimum atomic E-state index is -4.46. The average Bonchev–Trinajstić information content (AvgIpc) is 2.65. The maximum atomic E-state index is 12.4. The maximum absolute atomic E-state index is 12.4. The average molecular weight is 240 g/mol. The minimum Gasteiger partial charge on any atom is -0.178 e. The van der Waals surface area contributed by atoms with Gasteiger partial charge >= 0.3 is 6.30 Å². The van der Waals surface area contributed by atoms with Gasteiger partial charge in [0, 0.05) is 11.8 Å². The molecule has 0 aliphatic heterocycles. The molecule has 1 aromatic heterocycles. The van der Waals surface area contributed by atoms with E-state index < -0.39 is 6.30 Å². The zero-order valence-electron chi connectivity index (χ0n) is 9.42. The Hall–Kier alpha value is -1.78. The SMILES string of the molecule is Cc1ccc(-c2cnn(C(F)(F)F)c2)c(C)c1. The van der Waals surface area contributed by atoms with Crippen molar-refractivity contribution in [3.8, 4) is 11.1 Å². The van der Waals surface area contributed by atoms with Crippen molar-refractivity contribution in [2.24, 2.45) is 0 Å². The van der Waals surface area contributed by atoms with Gasteiger partial charge in [0.15, 0.2) is 0 Å². The first kappa shape index (κ1) is 11.7. The molecule has 0 fully saturated rings. The highest BCUT2D eigenvalue weighted by Crippen LogP contribution is 2.27. The van der Waals surface area contributed by atoms with Crippen molar-refractivity contribution in [3.05, 3.63) is 41.7 Å². The van der Waals surface area contributed by atoms with E-state index in [0.29, 0.717) is 5.56 Å². The van der Waals surface area contributed by atoms with Crippen LogP contribution in [0, 0.1) is 13.8 Å². The normalized spacial score (nSPS) is 11.8. The predicted molar refractivity (Wildman–Crippen MR) is 58.4 cm³/mol. The van der Waals surface area contributed by atoms with Crippen LogP contribution in [0.2, 0.25) is 0 Å². The minimum absolute atomic E-state index is 0.0155. The molecular formula is C12H11F3N2. The summed E-state index contributed by atoms with van der Waals surface area (Å²) >= 11 is 0. The Morgan fingerprint density at radius 2 is 1.88 bits per heavy atom. The lowest BCUT2D eigenvalue weighted by atomic mass is 10.0. The highest BCUT2D eigenvalue weighted by molar-refractivity contribution is 5.66. The van der Waals surface area contributed by atoms with E-state index in [4.69, 9.17) is 0 Å². The van der Waals surface area contributed by atoms with Gasteiger partial charge in [0.25, 0.3) is 0 Å². The molecule has 0 aliphatic carbocycles. The Kier molecular flexibility index (Phi) is 2.69. The fraction of sp³-hybridized carbons (Fsp3) is 0.250. The highest BCUT2D eigenvalue weighted by Gasteiger charge is 2.31. The van der Waals surface area contributed by atoms with Gasteiger partial charge in [-0.2, -0.15) is 9.78 Å². The number of rotatable bonds is 1. The standard InChI is InChI=1S/C12H11F3N2/c1-8-3-4-11(9(2)5-8)10-6-16-17(7-10)12(13,14)15/h3-7H,1-2H3. The lowest BCUT2D eigenvalue weighted by molar-refractivity contribution is -0.212. The molecule has 1 aromatic carbocycles. The zero-order valence-corrected chi connectivity index (χ0v) is 9.42. The highest BCUT2D eigenvalue weighted by atomic mass is 19.4. The first-order valence-corrected chi connectivity index (χ1v) is 5.07. The zero-order chi connectivity index (χ0) is 12.6. The van der Waals surface area contributed by atoms with Crippen LogP contribution in [0.3, 0.4) is 0 Å². The summed E-state index contributed by atoms with van der Waals surface area (Å²) in [6.07, 6.45) is -2.24. The second-order valence-corrected chi connectivity index (χ2v) is 3.96. The Morgan fingerprint density at radius 1 is 1.18 bits per heavy atom. The summed E-state index contributed by atoms with van der Waals surface area (Å²) in [6, 6.07) is 5.61. The number of hydrogen-bond donors (Lipinski definition) is 0. The number of aryl methyl sites for hydroxylation is 2. The molecule has 1 heterocycles. The molecule has 0 radical (unpaired) electrons. The van der Waals surface area contributed by atoms with E-state index in [1.807, 2.05) is 32.0 Å². The first-order valence-electron chi connectivity index (χ1n) is 5.07. The monoisotopic (exact) mass is 240 g/mol. The van der Waals surface area contributed by atoms with Gasteiger partial charge in [-0.3, -0.25) is 0 Å². The molecule has 2 aromatic rings. The number of alkyl halides is 3. The van der Waals surface area contributed by atoms with E-state index in [0.717, 1.165) is 22.9 Å². The molecule has 17 heavy (non-hydrogen) atoms. The van der Waals surface area contributed by atoms with E-state index in [1.165, 1.54) is 6.20 Å². The van der Waals surface area contributed by atoms with E-state index in [2.05, 4.69) is 5.10 Å². The van der Waals surface area contributed by atoms with Gasteiger partial charge in [-0.05, 0) is 25.0 Å². The third-order valence-corrected chi connectivity index (χ3v) is 2.54. The Bertz CT molecular complexity index is 541. The van der Waals surface area contributed by atoms with Crippen LogP contribution in [0.15, 0.2) is 30.6 Å². The van der Waals surface area contributed by atoms with Gasteiger partial charge in [-0.15, -0.1) is 13.2 Å². The maximum Gasteiger partial charge on any atom is 0.504 e. The molecule has 0 unspecified atom stereocenters. The smallest absolute Gasteiger partial charge is 0.178 e. The largest absolute Gasteiger partial charge is 0.504 e. The summed E-state index contributed by atoms with van der Waals surface area (Å²) in [5.41, 5.74) is 3.26. The van der Waals surface area contributed by atoms with Gasteiger partial charge in [-0.1, -0.05) is 23.8 Å². The third kappa shape index (κ3) is 2.33. The topological polar surface area (TPSA) is 17.8 Å². The molecule has 90 valence electrons. The van der Waals surface area contributed by atoms with Gasteiger partial charge in [0.1, 0.15) is 0 Å². The van der Waals surface area contributed by atoms with Crippen molar-refractivity contribution in [2.75, 3.05) is 0 Å². The molecule has 5 heteroatoms. The summed E-state index contributed by atoms with van der Waals surface area (Å²) in [5.74, 6) is 0. The molecule has 2 rings (SSSR count). The van der Waals surface area contributed by atoms with Crippen LogP contribution >= 0.6 is 0 Å². The fourth-order valence-corrected chi connectivity index (χ4v) is 1.74. The van der Waals surface area contributed by atoms with Gasteiger partial charge in [-0.25, -0.2) is 0 Å². The summed E-state index contributed by atoms with van der Waals surface area (Å²) in [4.78, 5) is 0. The van der Waals surface area contributed by atoms with E-state index in [9.17, 15) is 13.2 Å². The van der Waals surface area contributed by atoms with Crippen LogP contribution < -0.4 is 0 Å². The van der Waals surface area contributed by atoms with Crippen LogP contribution in [-0.4, -0.2) is 9.78 Å². The molecule has 0 aliphatic rings. The third-order valence-electron chi connectivity index (χ3n) is 2.54. The van der Waals surface area contributed by atoms with Crippen molar-refractivity contribution in [1.29, 1.82) is 0 Å². The molecule has 0 saturated heterocycles. The summed E-state index contributed by atoms with van der Waals surface area (Å²) in [6.45, 7) is 3.81. The molecule has 0 amide bonds. The molecule has 0 bridgehead atoms. The number of nitrogens with zero attached hydrogens (tertiary/aromatic N) is 2. The van der Waals surface area contributed by atoms with Crippen molar-refractivity contribution in [1.82, 2.24) is 9.78 Å². The first-order chi connectivity index (χ1) is 7.88. The van der Waals surface area contributed by atoms with E-state index in [1.54, 1.807) is 0 Å². The lowest BCUT2D eigenvalue weighted by Gasteiger charge is -2.05. The van der Waals surface area contributed by atoms with Crippen molar-refractivity contribution in [2.45, 2.75) is 20.1 Å².